The number of rotatable bonds is 1. The average Bonchev–Trinajstić information content (AvgIpc) is 2.83. The maximum absolute atomic E-state index is 11.6. The normalized spacial score (nSPS) is 16.2. The standard InChI is InChI=1S/C12H9N3O2S/c13-6-11-10-7-18(16,17)8-12(10)15(14-11)9-4-2-1-3-5-9/h1-5H,7-8H2. The molecule has 1 aliphatic rings. The topological polar surface area (TPSA) is 75.8 Å². The quantitative estimate of drug-likeness (QED) is 0.770. The number of nitriles is 1. The van der Waals surface area contributed by atoms with E-state index in [4.69, 9.17) is 5.26 Å². The molecule has 0 spiro atoms. The lowest BCUT2D eigenvalue weighted by Gasteiger charge is -2.03. The molecule has 0 fully saturated rings. The number of nitrogens with zero attached hydrogens (tertiary/aromatic N) is 3. The fraction of sp³-hybridized carbons (Fsp3) is 0.167. The lowest BCUT2D eigenvalue weighted by Crippen LogP contribution is -2.05. The molecule has 18 heavy (non-hydrogen) atoms. The fourth-order valence-corrected chi connectivity index (χ4v) is 3.70. The Morgan fingerprint density at radius 2 is 1.94 bits per heavy atom. The number of hydrogen-bond acceptors (Lipinski definition) is 4. The molecule has 90 valence electrons. The van der Waals surface area contributed by atoms with Crippen LogP contribution in [-0.2, 0) is 21.3 Å². The Labute approximate surface area is 104 Å². The van der Waals surface area contributed by atoms with Crippen LogP contribution in [-0.4, -0.2) is 18.2 Å². The first-order chi connectivity index (χ1) is 8.61. The molecule has 1 aromatic carbocycles. The van der Waals surface area contributed by atoms with Crippen LogP contribution in [0.4, 0.5) is 0 Å². The van der Waals surface area contributed by atoms with Gasteiger partial charge in [-0.15, -0.1) is 0 Å². The molecule has 0 atom stereocenters. The van der Waals surface area contributed by atoms with Gasteiger partial charge in [-0.25, -0.2) is 13.1 Å². The predicted molar refractivity (Wildman–Crippen MR) is 64.6 cm³/mol. The first kappa shape index (κ1) is 11.0. The zero-order chi connectivity index (χ0) is 12.8. The van der Waals surface area contributed by atoms with Crippen LogP contribution < -0.4 is 0 Å². The van der Waals surface area contributed by atoms with Crippen molar-refractivity contribution < 1.29 is 8.42 Å². The van der Waals surface area contributed by atoms with Crippen LogP contribution in [0.15, 0.2) is 30.3 Å². The number of para-hydroxylation sites is 1. The first-order valence-corrected chi connectivity index (χ1v) is 7.19. The fourth-order valence-electron chi connectivity index (χ4n) is 2.14. The van der Waals surface area contributed by atoms with E-state index in [0.29, 0.717) is 11.3 Å². The van der Waals surface area contributed by atoms with Crippen molar-refractivity contribution in [2.45, 2.75) is 11.5 Å². The summed E-state index contributed by atoms with van der Waals surface area (Å²) in [5.41, 5.74) is 2.13. The second kappa shape index (κ2) is 3.68. The molecule has 1 aliphatic heterocycles. The van der Waals surface area contributed by atoms with Gasteiger partial charge in [-0.3, -0.25) is 0 Å². The first-order valence-electron chi connectivity index (χ1n) is 5.37. The zero-order valence-corrected chi connectivity index (χ0v) is 10.2. The molecule has 3 rings (SSSR count). The van der Waals surface area contributed by atoms with E-state index >= 15 is 0 Å². The summed E-state index contributed by atoms with van der Waals surface area (Å²) in [5, 5.41) is 13.2. The van der Waals surface area contributed by atoms with Gasteiger partial charge in [0.1, 0.15) is 6.07 Å². The van der Waals surface area contributed by atoms with E-state index in [-0.39, 0.29) is 17.2 Å². The van der Waals surface area contributed by atoms with Crippen molar-refractivity contribution in [1.82, 2.24) is 9.78 Å². The zero-order valence-electron chi connectivity index (χ0n) is 9.37. The Balaban J connectivity index is 2.24. The number of hydrogen-bond donors (Lipinski definition) is 0. The minimum atomic E-state index is -3.14. The minimum Gasteiger partial charge on any atom is -0.235 e. The van der Waals surface area contributed by atoms with Gasteiger partial charge in [-0.05, 0) is 12.1 Å². The van der Waals surface area contributed by atoms with Crippen LogP contribution in [0, 0.1) is 11.3 Å². The summed E-state index contributed by atoms with van der Waals surface area (Å²) in [6, 6.07) is 11.2. The highest BCUT2D eigenvalue weighted by Crippen LogP contribution is 2.29. The molecule has 6 heteroatoms. The third-order valence-corrected chi connectivity index (χ3v) is 4.36. The molecule has 1 aromatic heterocycles. The Kier molecular flexibility index (Phi) is 2.25. The highest BCUT2D eigenvalue weighted by Gasteiger charge is 2.32. The van der Waals surface area contributed by atoms with E-state index in [1.54, 1.807) is 4.68 Å². The van der Waals surface area contributed by atoms with E-state index in [0.717, 1.165) is 5.69 Å². The maximum atomic E-state index is 11.6. The average molecular weight is 259 g/mol. The molecule has 0 bridgehead atoms. The van der Waals surface area contributed by atoms with Crippen LogP contribution in [0.25, 0.3) is 5.69 Å². The number of aromatic nitrogens is 2. The molecular formula is C12H9N3O2S. The van der Waals surface area contributed by atoms with Crippen molar-refractivity contribution in [2.24, 2.45) is 0 Å². The van der Waals surface area contributed by atoms with Gasteiger partial charge in [0.2, 0.25) is 0 Å². The third kappa shape index (κ3) is 1.60. The summed E-state index contributed by atoms with van der Waals surface area (Å²) < 4.78 is 24.9. The van der Waals surface area contributed by atoms with Crippen molar-refractivity contribution in [3.05, 3.63) is 47.3 Å². The molecule has 0 unspecified atom stereocenters. The van der Waals surface area contributed by atoms with Gasteiger partial charge in [0, 0.05) is 5.56 Å². The van der Waals surface area contributed by atoms with E-state index in [2.05, 4.69) is 5.10 Å². The molecule has 0 saturated heterocycles. The maximum Gasteiger partial charge on any atom is 0.167 e. The second-order valence-corrected chi connectivity index (χ2v) is 6.23. The van der Waals surface area contributed by atoms with E-state index in [1.807, 2.05) is 36.4 Å². The van der Waals surface area contributed by atoms with Crippen LogP contribution in [0.2, 0.25) is 0 Å². The van der Waals surface area contributed by atoms with Crippen molar-refractivity contribution in [3.63, 3.8) is 0 Å². The Morgan fingerprint density at radius 3 is 2.61 bits per heavy atom. The molecule has 0 saturated carbocycles. The van der Waals surface area contributed by atoms with Gasteiger partial charge < -0.3 is 0 Å². The molecule has 5 nitrogen and oxygen atoms in total. The van der Waals surface area contributed by atoms with Crippen molar-refractivity contribution in [1.29, 1.82) is 5.26 Å². The van der Waals surface area contributed by atoms with Gasteiger partial charge in [0.25, 0.3) is 0 Å². The van der Waals surface area contributed by atoms with Gasteiger partial charge in [-0.1, -0.05) is 18.2 Å². The molecule has 0 aliphatic carbocycles. The summed E-state index contributed by atoms with van der Waals surface area (Å²) in [6.07, 6.45) is 0. The van der Waals surface area contributed by atoms with Gasteiger partial charge in [0.15, 0.2) is 15.5 Å². The molecule has 0 radical (unpaired) electrons. The van der Waals surface area contributed by atoms with E-state index in [1.165, 1.54) is 0 Å². The summed E-state index contributed by atoms with van der Waals surface area (Å²) in [7, 11) is -3.14. The van der Waals surface area contributed by atoms with E-state index in [9.17, 15) is 8.42 Å². The number of benzene rings is 1. The SMILES string of the molecule is N#Cc1nn(-c2ccccc2)c2c1CS(=O)(=O)C2. The summed E-state index contributed by atoms with van der Waals surface area (Å²) in [4.78, 5) is 0. The monoisotopic (exact) mass is 259 g/mol. The van der Waals surface area contributed by atoms with Crippen molar-refractivity contribution in [3.8, 4) is 11.8 Å². The summed E-state index contributed by atoms with van der Waals surface area (Å²) >= 11 is 0. The van der Waals surface area contributed by atoms with Crippen LogP contribution in [0.1, 0.15) is 17.0 Å². The van der Waals surface area contributed by atoms with E-state index < -0.39 is 9.84 Å². The van der Waals surface area contributed by atoms with Gasteiger partial charge >= 0.3 is 0 Å². The highest BCUT2D eigenvalue weighted by atomic mass is 32.2. The number of sulfone groups is 1. The Bertz CT molecular complexity index is 755. The largest absolute Gasteiger partial charge is 0.235 e. The van der Waals surface area contributed by atoms with Gasteiger partial charge in [0.05, 0.1) is 22.9 Å². The second-order valence-electron chi connectivity index (χ2n) is 4.17. The Morgan fingerprint density at radius 1 is 1.22 bits per heavy atom. The number of fused-ring (bicyclic) bond motifs is 1. The predicted octanol–water partition coefficient (Wildman–Crippen LogP) is 1.17. The van der Waals surface area contributed by atoms with Gasteiger partial charge in [-0.2, -0.15) is 10.4 Å². The highest BCUT2D eigenvalue weighted by molar-refractivity contribution is 7.90. The van der Waals surface area contributed by atoms with Crippen LogP contribution in [0.5, 0.6) is 0 Å². The Hall–Kier alpha value is -2.13. The molecule has 0 N–H and O–H groups in total. The van der Waals surface area contributed by atoms with Crippen molar-refractivity contribution in [2.75, 3.05) is 0 Å². The molecule has 0 amide bonds. The summed E-state index contributed by atoms with van der Waals surface area (Å²) in [5.74, 6) is -0.135. The molecular weight excluding hydrogens is 250 g/mol. The van der Waals surface area contributed by atoms with Crippen LogP contribution in [0.3, 0.4) is 0 Å². The minimum absolute atomic E-state index is 0.0497. The molecule has 2 aromatic rings. The summed E-state index contributed by atoms with van der Waals surface area (Å²) in [6.45, 7) is 0. The smallest absolute Gasteiger partial charge is 0.167 e. The molecule has 2 heterocycles. The lowest BCUT2D eigenvalue weighted by molar-refractivity contribution is 0.596. The van der Waals surface area contributed by atoms with Crippen molar-refractivity contribution >= 4 is 9.84 Å². The third-order valence-electron chi connectivity index (χ3n) is 2.92. The van der Waals surface area contributed by atoms with Crippen LogP contribution >= 0.6 is 0 Å². The lowest BCUT2D eigenvalue weighted by atomic mass is 10.2.